The highest BCUT2D eigenvalue weighted by Gasteiger charge is 2.01. The molecule has 0 saturated heterocycles. The lowest BCUT2D eigenvalue weighted by Gasteiger charge is -2.15. The van der Waals surface area contributed by atoms with Gasteiger partial charge in [-0.1, -0.05) is 18.2 Å². The summed E-state index contributed by atoms with van der Waals surface area (Å²) in [6, 6.07) is 4.24. The van der Waals surface area contributed by atoms with Crippen molar-refractivity contribution >= 4 is 24.0 Å². The lowest BCUT2D eigenvalue weighted by Crippen LogP contribution is -2.20. The van der Waals surface area contributed by atoms with Crippen LogP contribution in [0.4, 0.5) is 0 Å². The molecule has 0 aliphatic heterocycles. The minimum atomic E-state index is 0.773. The fourth-order valence-electron chi connectivity index (χ4n) is 1.16. The van der Waals surface area contributed by atoms with E-state index in [-0.39, 0.29) is 0 Å². The molecular weight excluding hydrogens is 198 g/mol. The maximum absolute atomic E-state index is 4.18. The van der Waals surface area contributed by atoms with Crippen LogP contribution in [0, 0.1) is 0 Å². The molecule has 1 rings (SSSR count). The Balaban J connectivity index is 2.33. The summed E-state index contributed by atoms with van der Waals surface area (Å²) in [6.07, 6.45) is 0. The number of hydrogen-bond acceptors (Lipinski definition) is 3. The Labute approximate surface area is 89.5 Å². The van der Waals surface area contributed by atoms with Gasteiger partial charge in [0.1, 0.15) is 0 Å². The van der Waals surface area contributed by atoms with Crippen molar-refractivity contribution in [3.05, 3.63) is 34.5 Å². The molecule has 0 bridgehead atoms. The van der Waals surface area contributed by atoms with Crippen LogP contribution in [-0.4, -0.2) is 24.2 Å². The van der Waals surface area contributed by atoms with Crippen LogP contribution < -0.4 is 0 Å². The average Bonchev–Trinajstić information content (AvgIpc) is 2.56. The van der Waals surface area contributed by atoms with Gasteiger partial charge < -0.3 is 0 Å². The van der Waals surface area contributed by atoms with Gasteiger partial charge in [0.15, 0.2) is 0 Å². The topological polar surface area (TPSA) is 3.24 Å². The number of thiophene rings is 1. The zero-order valence-electron chi connectivity index (χ0n) is 7.86. The van der Waals surface area contributed by atoms with Crippen LogP contribution in [-0.2, 0) is 6.54 Å². The first kappa shape index (κ1) is 10.8. The second-order valence-electron chi connectivity index (χ2n) is 3.16. The monoisotopic (exact) mass is 213 g/mol. The third-order valence-corrected chi connectivity index (χ3v) is 3.03. The molecule has 0 fully saturated rings. The SMILES string of the molecule is C=C(CS)CN(C)Cc1cccs1. The van der Waals surface area contributed by atoms with Gasteiger partial charge in [0.05, 0.1) is 0 Å². The van der Waals surface area contributed by atoms with Gasteiger partial charge in [0.25, 0.3) is 0 Å². The maximum atomic E-state index is 4.18. The Bertz CT molecular complexity index is 254. The Morgan fingerprint density at radius 2 is 2.46 bits per heavy atom. The molecule has 1 aromatic heterocycles. The van der Waals surface area contributed by atoms with Crippen molar-refractivity contribution in [3.8, 4) is 0 Å². The summed E-state index contributed by atoms with van der Waals surface area (Å²) in [5.41, 5.74) is 1.17. The predicted octanol–water partition coefficient (Wildman–Crippen LogP) is 2.67. The standard InChI is InChI=1S/C10H15NS2/c1-9(8-12)6-11(2)7-10-4-3-5-13-10/h3-5,12H,1,6-8H2,2H3. The summed E-state index contributed by atoms with van der Waals surface area (Å²) in [6.45, 7) is 5.86. The summed E-state index contributed by atoms with van der Waals surface area (Å²) in [4.78, 5) is 3.65. The summed E-state index contributed by atoms with van der Waals surface area (Å²) in [5, 5.41) is 2.11. The second-order valence-corrected chi connectivity index (χ2v) is 4.51. The number of hydrogen-bond donors (Lipinski definition) is 1. The first-order chi connectivity index (χ1) is 6.22. The molecule has 1 aromatic rings. The van der Waals surface area contributed by atoms with Gasteiger partial charge in [-0.15, -0.1) is 11.3 Å². The molecule has 0 saturated carbocycles. The molecule has 0 atom stereocenters. The van der Waals surface area contributed by atoms with Crippen molar-refractivity contribution in [2.24, 2.45) is 0 Å². The van der Waals surface area contributed by atoms with Gasteiger partial charge in [0, 0.05) is 23.7 Å². The first-order valence-electron chi connectivity index (χ1n) is 4.21. The summed E-state index contributed by atoms with van der Waals surface area (Å²) in [7, 11) is 2.11. The van der Waals surface area contributed by atoms with Gasteiger partial charge in [-0.25, -0.2) is 0 Å². The molecular formula is C10H15NS2. The van der Waals surface area contributed by atoms with Crippen molar-refractivity contribution in [3.63, 3.8) is 0 Å². The highest BCUT2D eigenvalue weighted by Crippen LogP contribution is 2.11. The van der Waals surface area contributed by atoms with Crippen LogP contribution in [0.25, 0.3) is 0 Å². The maximum Gasteiger partial charge on any atom is 0.0328 e. The van der Waals surface area contributed by atoms with Crippen molar-refractivity contribution in [1.29, 1.82) is 0 Å². The van der Waals surface area contributed by atoms with E-state index in [0.717, 1.165) is 18.8 Å². The Morgan fingerprint density at radius 3 is 3.00 bits per heavy atom. The predicted molar refractivity (Wildman–Crippen MR) is 63.6 cm³/mol. The second kappa shape index (κ2) is 5.47. The smallest absolute Gasteiger partial charge is 0.0328 e. The van der Waals surface area contributed by atoms with Gasteiger partial charge >= 0.3 is 0 Å². The highest BCUT2D eigenvalue weighted by atomic mass is 32.1. The molecule has 1 nitrogen and oxygen atoms in total. The van der Waals surface area contributed by atoms with Crippen LogP contribution in [0.3, 0.4) is 0 Å². The number of nitrogens with zero attached hydrogens (tertiary/aromatic N) is 1. The van der Waals surface area contributed by atoms with E-state index < -0.39 is 0 Å². The van der Waals surface area contributed by atoms with E-state index in [4.69, 9.17) is 0 Å². The third-order valence-electron chi connectivity index (χ3n) is 1.72. The fraction of sp³-hybridized carbons (Fsp3) is 0.400. The molecule has 0 aliphatic carbocycles. The quantitative estimate of drug-likeness (QED) is 0.581. The van der Waals surface area contributed by atoms with Crippen molar-refractivity contribution < 1.29 is 0 Å². The molecule has 1 heterocycles. The number of thiol groups is 1. The van der Waals surface area contributed by atoms with Crippen LogP contribution in [0.2, 0.25) is 0 Å². The molecule has 72 valence electrons. The number of rotatable bonds is 5. The highest BCUT2D eigenvalue weighted by molar-refractivity contribution is 7.80. The molecule has 0 spiro atoms. The molecule has 0 radical (unpaired) electrons. The van der Waals surface area contributed by atoms with E-state index in [1.165, 1.54) is 10.5 Å². The van der Waals surface area contributed by atoms with Gasteiger partial charge in [0.2, 0.25) is 0 Å². The molecule has 13 heavy (non-hydrogen) atoms. The molecule has 3 heteroatoms. The fourth-order valence-corrected chi connectivity index (χ4v) is 2.04. The van der Waals surface area contributed by atoms with E-state index >= 15 is 0 Å². The molecule has 0 aromatic carbocycles. The Hall–Kier alpha value is -0.250. The summed E-state index contributed by atoms with van der Waals surface area (Å²) >= 11 is 5.98. The third kappa shape index (κ3) is 3.98. The number of likely N-dealkylation sites (N-methyl/N-ethyl adjacent to an activating group) is 1. The molecule has 0 N–H and O–H groups in total. The molecule has 0 unspecified atom stereocenters. The molecule has 0 aliphatic rings. The Kier molecular flexibility index (Phi) is 4.56. The van der Waals surface area contributed by atoms with Gasteiger partial charge in [-0.3, -0.25) is 4.90 Å². The first-order valence-corrected chi connectivity index (χ1v) is 5.72. The lowest BCUT2D eigenvalue weighted by molar-refractivity contribution is 0.359. The van der Waals surface area contributed by atoms with E-state index in [1.807, 2.05) is 0 Å². The van der Waals surface area contributed by atoms with Crippen LogP contribution >= 0.6 is 24.0 Å². The minimum Gasteiger partial charge on any atom is -0.297 e. The van der Waals surface area contributed by atoms with E-state index in [2.05, 4.69) is 48.7 Å². The molecule has 0 amide bonds. The van der Waals surface area contributed by atoms with Crippen molar-refractivity contribution in [2.75, 3.05) is 19.3 Å². The van der Waals surface area contributed by atoms with Gasteiger partial charge in [-0.05, 0) is 18.5 Å². The van der Waals surface area contributed by atoms with Crippen molar-refractivity contribution in [1.82, 2.24) is 4.90 Å². The minimum absolute atomic E-state index is 0.773. The normalized spacial score (nSPS) is 10.7. The van der Waals surface area contributed by atoms with Crippen LogP contribution in [0.1, 0.15) is 4.88 Å². The average molecular weight is 213 g/mol. The summed E-state index contributed by atoms with van der Waals surface area (Å²) in [5.74, 6) is 0.773. The van der Waals surface area contributed by atoms with E-state index in [1.54, 1.807) is 11.3 Å². The largest absolute Gasteiger partial charge is 0.297 e. The lowest BCUT2D eigenvalue weighted by atomic mass is 10.3. The van der Waals surface area contributed by atoms with Gasteiger partial charge in [-0.2, -0.15) is 12.6 Å². The van der Waals surface area contributed by atoms with Crippen molar-refractivity contribution in [2.45, 2.75) is 6.54 Å². The van der Waals surface area contributed by atoms with E-state index in [0.29, 0.717) is 0 Å². The van der Waals surface area contributed by atoms with Crippen LogP contribution in [0.15, 0.2) is 29.7 Å². The summed E-state index contributed by atoms with van der Waals surface area (Å²) < 4.78 is 0. The zero-order valence-corrected chi connectivity index (χ0v) is 9.57. The van der Waals surface area contributed by atoms with E-state index in [9.17, 15) is 0 Å². The van der Waals surface area contributed by atoms with Crippen LogP contribution in [0.5, 0.6) is 0 Å². The Morgan fingerprint density at radius 1 is 1.69 bits per heavy atom. The zero-order chi connectivity index (χ0) is 9.68.